The molecule has 0 aliphatic heterocycles. The Morgan fingerprint density at radius 1 is 1.23 bits per heavy atom. The lowest BCUT2D eigenvalue weighted by Gasteiger charge is -2.10. The number of benzene rings is 1. The summed E-state index contributed by atoms with van der Waals surface area (Å²) >= 11 is 0. The summed E-state index contributed by atoms with van der Waals surface area (Å²) in [4.78, 5) is 4.41. The van der Waals surface area contributed by atoms with Crippen LogP contribution in [0.4, 0.5) is 0 Å². The fourth-order valence-corrected chi connectivity index (χ4v) is 1.72. The summed E-state index contributed by atoms with van der Waals surface area (Å²) in [6.45, 7) is 0. The van der Waals surface area contributed by atoms with Crippen molar-refractivity contribution in [2.45, 2.75) is 18.9 Å². The first-order valence-corrected chi connectivity index (χ1v) is 4.47. The molecule has 0 heterocycles. The van der Waals surface area contributed by atoms with Gasteiger partial charge in [0.25, 0.3) is 0 Å². The lowest BCUT2D eigenvalue weighted by atomic mass is 10.0. The SMILES string of the molecule is OOC1CCC=C1c1ccccc1. The van der Waals surface area contributed by atoms with E-state index in [0.717, 1.165) is 24.0 Å². The summed E-state index contributed by atoms with van der Waals surface area (Å²) in [6, 6.07) is 10.0. The number of rotatable bonds is 2. The van der Waals surface area contributed by atoms with Crippen LogP contribution in [-0.4, -0.2) is 11.4 Å². The van der Waals surface area contributed by atoms with E-state index in [0.29, 0.717) is 0 Å². The minimum Gasteiger partial charge on any atom is -0.251 e. The molecule has 0 spiro atoms. The second-order valence-electron chi connectivity index (χ2n) is 3.20. The highest BCUT2D eigenvalue weighted by Gasteiger charge is 2.20. The van der Waals surface area contributed by atoms with Gasteiger partial charge in [0.1, 0.15) is 6.10 Å². The molecule has 2 nitrogen and oxygen atoms in total. The van der Waals surface area contributed by atoms with Crippen molar-refractivity contribution < 1.29 is 10.1 Å². The largest absolute Gasteiger partial charge is 0.251 e. The van der Waals surface area contributed by atoms with Crippen molar-refractivity contribution >= 4 is 5.57 Å². The first-order valence-electron chi connectivity index (χ1n) is 4.47. The van der Waals surface area contributed by atoms with Crippen LogP contribution in [0, 0.1) is 0 Å². The maximum absolute atomic E-state index is 8.66. The molecule has 0 aromatic heterocycles. The normalized spacial score (nSPS) is 21.6. The standard InChI is InChI=1S/C11H12O2/c12-13-11-8-4-7-10(11)9-5-2-1-3-6-9/h1-3,5-7,11-12H,4,8H2. The summed E-state index contributed by atoms with van der Waals surface area (Å²) in [5, 5.41) is 8.66. The zero-order valence-electron chi connectivity index (χ0n) is 7.31. The van der Waals surface area contributed by atoms with Crippen LogP contribution in [0.1, 0.15) is 18.4 Å². The maximum atomic E-state index is 8.66. The van der Waals surface area contributed by atoms with E-state index < -0.39 is 0 Å². The third kappa shape index (κ3) is 1.64. The van der Waals surface area contributed by atoms with Crippen LogP contribution < -0.4 is 0 Å². The fraction of sp³-hybridized carbons (Fsp3) is 0.273. The van der Waals surface area contributed by atoms with Gasteiger partial charge in [0.05, 0.1) is 0 Å². The van der Waals surface area contributed by atoms with Crippen molar-refractivity contribution in [1.82, 2.24) is 0 Å². The van der Waals surface area contributed by atoms with Gasteiger partial charge in [-0.25, -0.2) is 4.89 Å². The predicted octanol–water partition coefficient (Wildman–Crippen LogP) is 2.72. The van der Waals surface area contributed by atoms with Gasteiger partial charge < -0.3 is 0 Å². The van der Waals surface area contributed by atoms with Crippen molar-refractivity contribution in [2.75, 3.05) is 0 Å². The van der Waals surface area contributed by atoms with E-state index in [1.54, 1.807) is 0 Å². The number of hydrogen-bond acceptors (Lipinski definition) is 2. The van der Waals surface area contributed by atoms with Crippen LogP contribution in [0.25, 0.3) is 5.57 Å². The quantitative estimate of drug-likeness (QED) is 0.554. The van der Waals surface area contributed by atoms with E-state index in [-0.39, 0.29) is 6.10 Å². The highest BCUT2D eigenvalue weighted by molar-refractivity contribution is 5.70. The van der Waals surface area contributed by atoms with Crippen LogP contribution >= 0.6 is 0 Å². The highest BCUT2D eigenvalue weighted by atomic mass is 17.1. The molecule has 1 unspecified atom stereocenters. The molecule has 2 rings (SSSR count). The minimum absolute atomic E-state index is 0.137. The van der Waals surface area contributed by atoms with Crippen molar-refractivity contribution in [3.8, 4) is 0 Å². The fourth-order valence-electron chi connectivity index (χ4n) is 1.72. The molecule has 1 N–H and O–H groups in total. The highest BCUT2D eigenvalue weighted by Crippen LogP contribution is 2.29. The molecular formula is C11H12O2. The average Bonchev–Trinajstić information content (AvgIpc) is 2.67. The maximum Gasteiger partial charge on any atom is 0.118 e. The summed E-state index contributed by atoms with van der Waals surface area (Å²) in [7, 11) is 0. The van der Waals surface area contributed by atoms with E-state index in [2.05, 4.69) is 11.0 Å². The summed E-state index contributed by atoms with van der Waals surface area (Å²) in [5.41, 5.74) is 2.24. The predicted molar refractivity (Wildman–Crippen MR) is 51.2 cm³/mol. The monoisotopic (exact) mass is 176 g/mol. The molecule has 0 bridgehead atoms. The van der Waals surface area contributed by atoms with Crippen LogP contribution in [0.3, 0.4) is 0 Å². The van der Waals surface area contributed by atoms with Gasteiger partial charge in [0.2, 0.25) is 0 Å². The van der Waals surface area contributed by atoms with Gasteiger partial charge in [0.15, 0.2) is 0 Å². The molecule has 1 atom stereocenters. The lowest BCUT2D eigenvalue weighted by Crippen LogP contribution is -2.08. The van der Waals surface area contributed by atoms with Crippen LogP contribution in [-0.2, 0) is 4.89 Å². The molecule has 0 saturated heterocycles. The Hall–Kier alpha value is -1.12. The molecule has 1 aromatic rings. The Balaban J connectivity index is 2.26. The van der Waals surface area contributed by atoms with Gasteiger partial charge >= 0.3 is 0 Å². The van der Waals surface area contributed by atoms with Gasteiger partial charge in [-0.15, -0.1) is 0 Å². The molecule has 2 heteroatoms. The Morgan fingerprint density at radius 3 is 2.69 bits per heavy atom. The van der Waals surface area contributed by atoms with Gasteiger partial charge in [-0.3, -0.25) is 5.26 Å². The van der Waals surface area contributed by atoms with Gasteiger partial charge in [0, 0.05) is 0 Å². The van der Waals surface area contributed by atoms with Crippen LogP contribution in [0.5, 0.6) is 0 Å². The molecule has 1 aliphatic rings. The summed E-state index contributed by atoms with van der Waals surface area (Å²) in [6.07, 6.45) is 3.84. The van der Waals surface area contributed by atoms with Gasteiger partial charge in [-0.2, -0.15) is 0 Å². The third-order valence-corrected chi connectivity index (χ3v) is 2.37. The van der Waals surface area contributed by atoms with Crippen LogP contribution in [0.2, 0.25) is 0 Å². The van der Waals surface area contributed by atoms with Crippen LogP contribution in [0.15, 0.2) is 36.4 Å². The molecule has 0 amide bonds. The minimum atomic E-state index is -0.137. The van der Waals surface area contributed by atoms with E-state index in [1.807, 2.05) is 30.3 Å². The summed E-state index contributed by atoms with van der Waals surface area (Å²) in [5.74, 6) is 0. The van der Waals surface area contributed by atoms with E-state index in [4.69, 9.17) is 5.26 Å². The molecular weight excluding hydrogens is 164 g/mol. The average molecular weight is 176 g/mol. The van der Waals surface area contributed by atoms with E-state index in [9.17, 15) is 0 Å². The first kappa shape index (κ1) is 8.48. The zero-order chi connectivity index (χ0) is 9.10. The molecule has 68 valence electrons. The van der Waals surface area contributed by atoms with Gasteiger partial charge in [-0.1, -0.05) is 36.4 Å². The van der Waals surface area contributed by atoms with E-state index >= 15 is 0 Å². The smallest absolute Gasteiger partial charge is 0.118 e. The Morgan fingerprint density at radius 2 is 2.00 bits per heavy atom. The van der Waals surface area contributed by atoms with Crippen molar-refractivity contribution in [3.05, 3.63) is 42.0 Å². The van der Waals surface area contributed by atoms with Crippen molar-refractivity contribution in [1.29, 1.82) is 0 Å². The van der Waals surface area contributed by atoms with Crippen molar-refractivity contribution in [2.24, 2.45) is 0 Å². The molecule has 13 heavy (non-hydrogen) atoms. The topological polar surface area (TPSA) is 29.5 Å². The van der Waals surface area contributed by atoms with Crippen molar-refractivity contribution in [3.63, 3.8) is 0 Å². The third-order valence-electron chi connectivity index (χ3n) is 2.37. The molecule has 0 saturated carbocycles. The van der Waals surface area contributed by atoms with Gasteiger partial charge in [-0.05, 0) is 24.0 Å². The molecule has 0 radical (unpaired) electrons. The molecule has 1 aliphatic carbocycles. The Bertz CT molecular complexity index is 303. The first-order chi connectivity index (χ1) is 6.42. The molecule has 0 fully saturated rings. The second-order valence-corrected chi connectivity index (χ2v) is 3.20. The lowest BCUT2D eigenvalue weighted by molar-refractivity contribution is -0.262. The number of hydrogen-bond donors (Lipinski definition) is 1. The summed E-state index contributed by atoms with van der Waals surface area (Å²) < 4.78 is 0. The molecule has 1 aromatic carbocycles. The Labute approximate surface area is 77.4 Å². The van der Waals surface area contributed by atoms with E-state index in [1.165, 1.54) is 0 Å². The zero-order valence-corrected chi connectivity index (χ0v) is 7.31. The second kappa shape index (κ2) is 3.73. The number of allylic oxidation sites excluding steroid dienone is 1. The Kier molecular flexibility index (Phi) is 2.43.